The first-order chi connectivity index (χ1) is 8.59. The third-order valence-corrected chi connectivity index (χ3v) is 4.01. The van der Waals surface area contributed by atoms with Crippen molar-refractivity contribution in [2.75, 3.05) is 6.61 Å². The molecule has 0 aromatic rings. The topological polar surface area (TPSA) is 64.3 Å². The van der Waals surface area contributed by atoms with Gasteiger partial charge in [-0.05, 0) is 32.6 Å². The van der Waals surface area contributed by atoms with E-state index in [-0.39, 0.29) is 17.6 Å². The van der Waals surface area contributed by atoms with Crippen molar-refractivity contribution in [3.63, 3.8) is 0 Å². The smallest absolute Gasteiger partial charge is 0.249 e. The highest BCUT2D eigenvalue weighted by molar-refractivity contribution is 5.80. The van der Waals surface area contributed by atoms with E-state index in [1.807, 2.05) is 6.92 Å². The molecule has 0 heterocycles. The van der Waals surface area contributed by atoms with Crippen molar-refractivity contribution in [2.24, 2.45) is 5.73 Å². The summed E-state index contributed by atoms with van der Waals surface area (Å²) in [5.41, 5.74) is 6.15. The zero-order valence-corrected chi connectivity index (χ0v) is 11.4. The second-order valence-corrected chi connectivity index (χ2v) is 6.01. The molecule has 18 heavy (non-hydrogen) atoms. The zero-order chi connectivity index (χ0) is 13.0. The molecule has 0 aromatic carbocycles. The summed E-state index contributed by atoms with van der Waals surface area (Å²) in [7, 11) is 0. The Kier molecular flexibility index (Phi) is 4.62. The van der Waals surface area contributed by atoms with Crippen molar-refractivity contribution < 1.29 is 9.53 Å². The lowest BCUT2D eigenvalue weighted by Crippen LogP contribution is -2.46. The fourth-order valence-corrected chi connectivity index (χ4v) is 2.49. The van der Waals surface area contributed by atoms with Gasteiger partial charge < -0.3 is 15.8 Å². The van der Waals surface area contributed by atoms with Crippen LogP contribution in [0.4, 0.5) is 0 Å². The summed E-state index contributed by atoms with van der Waals surface area (Å²) in [6.45, 7) is 2.32. The van der Waals surface area contributed by atoms with Gasteiger partial charge in [-0.25, -0.2) is 0 Å². The minimum absolute atomic E-state index is 0.00900. The average molecular weight is 254 g/mol. The molecular formula is C14H26N2O2. The molecule has 1 unspecified atom stereocenters. The Hall–Kier alpha value is -0.610. The maximum Gasteiger partial charge on any atom is 0.249 e. The van der Waals surface area contributed by atoms with Crippen molar-refractivity contribution in [1.29, 1.82) is 0 Å². The van der Waals surface area contributed by atoms with Crippen LogP contribution >= 0.6 is 0 Å². The highest BCUT2D eigenvalue weighted by Crippen LogP contribution is 2.25. The molecule has 4 nitrogen and oxygen atoms in total. The van der Waals surface area contributed by atoms with Crippen LogP contribution in [0.5, 0.6) is 0 Å². The second kappa shape index (κ2) is 6.02. The van der Waals surface area contributed by atoms with Crippen LogP contribution in [0.1, 0.15) is 58.3 Å². The molecule has 3 N–H and O–H groups in total. The number of carbonyl (C=O) groups is 1. The third kappa shape index (κ3) is 4.25. The van der Waals surface area contributed by atoms with Gasteiger partial charge in [-0.2, -0.15) is 0 Å². The molecule has 0 radical (unpaired) electrons. The molecule has 0 aromatic heterocycles. The summed E-state index contributed by atoms with van der Waals surface area (Å²) < 4.78 is 5.69. The molecule has 1 atom stereocenters. The third-order valence-electron chi connectivity index (χ3n) is 4.01. The quantitative estimate of drug-likeness (QED) is 0.734. The molecule has 2 saturated carbocycles. The Balaban J connectivity index is 1.72. The lowest BCUT2D eigenvalue weighted by atomic mass is 9.92. The summed E-state index contributed by atoms with van der Waals surface area (Å²) in [6.07, 6.45) is 8.79. The number of hydrogen-bond donors (Lipinski definition) is 2. The largest absolute Gasteiger partial charge is 0.367 e. The average Bonchev–Trinajstić information content (AvgIpc) is 3.15. The van der Waals surface area contributed by atoms with E-state index in [9.17, 15) is 4.79 Å². The van der Waals surface area contributed by atoms with Crippen molar-refractivity contribution in [1.82, 2.24) is 5.32 Å². The monoisotopic (exact) mass is 254 g/mol. The van der Waals surface area contributed by atoms with Gasteiger partial charge in [-0.15, -0.1) is 0 Å². The number of hydrogen-bond acceptors (Lipinski definition) is 3. The van der Waals surface area contributed by atoms with Crippen LogP contribution in [-0.4, -0.2) is 30.2 Å². The Labute approximate surface area is 110 Å². The van der Waals surface area contributed by atoms with Crippen molar-refractivity contribution in [2.45, 2.75) is 76.0 Å². The Bertz CT molecular complexity index is 282. The predicted octanol–water partition coefficient (Wildman–Crippen LogP) is 1.72. The van der Waals surface area contributed by atoms with Gasteiger partial charge in [0.2, 0.25) is 5.91 Å². The highest BCUT2D eigenvalue weighted by Gasteiger charge is 2.30. The molecule has 104 valence electrons. The minimum atomic E-state index is -0.380. The molecule has 2 aliphatic rings. The van der Waals surface area contributed by atoms with Gasteiger partial charge in [0.05, 0.1) is 6.61 Å². The van der Waals surface area contributed by atoms with Gasteiger partial charge in [0, 0.05) is 11.6 Å². The molecule has 4 heteroatoms. The summed E-state index contributed by atoms with van der Waals surface area (Å²) in [6, 6.07) is 0.397. The van der Waals surface area contributed by atoms with Crippen LogP contribution in [0.15, 0.2) is 0 Å². The molecule has 2 aliphatic carbocycles. The molecule has 1 amide bonds. The molecule has 0 saturated heterocycles. The number of amides is 1. The fourth-order valence-electron chi connectivity index (χ4n) is 2.49. The van der Waals surface area contributed by atoms with Gasteiger partial charge in [-0.3, -0.25) is 4.79 Å². The predicted molar refractivity (Wildman–Crippen MR) is 71.2 cm³/mol. The lowest BCUT2D eigenvalue weighted by molar-refractivity contribution is -0.133. The van der Waals surface area contributed by atoms with Crippen molar-refractivity contribution in [3.8, 4) is 0 Å². The van der Waals surface area contributed by atoms with Gasteiger partial charge in [0.15, 0.2) is 0 Å². The van der Waals surface area contributed by atoms with E-state index in [4.69, 9.17) is 10.5 Å². The Morgan fingerprint density at radius 1 is 1.33 bits per heavy atom. The first-order valence-corrected chi connectivity index (χ1v) is 7.30. The maximum atomic E-state index is 11.8. The summed E-state index contributed by atoms with van der Waals surface area (Å²) in [4.78, 5) is 11.8. The van der Waals surface area contributed by atoms with Crippen LogP contribution in [0.25, 0.3) is 0 Å². The van der Waals surface area contributed by atoms with Crippen LogP contribution in [0.3, 0.4) is 0 Å². The van der Waals surface area contributed by atoms with E-state index in [1.54, 1.807) is 0 Å². The first-order valence-electron chi connectivity index (χ1n) is 7.30. The minimum Gasteiger partial charge on any atom is -0.367 e. The summed E-state index contributed by atoms with van der Waals surface area (Å²) in [5, 5.41) is 2.96. The molecule has 2 fully saturated rings. The standard InChI is InChI=1S/C14H26N2O2/c1-11(13(17)16-12-6-7-12)18-10-14(15)8-4-2-3-5-9-14/h11-12H,2-10,15H2,1H3,(H,16,17). The van der Waals surface area contributed by atoms with Crippen LogP contribution < -0.4 is 11.1 Å². The van der Waals surface area contributed by atoms with E-state index in [1.165, 1.54) is 25.7 Å². The van der Waals surface area contributed by atoms with E-state index >= 15 is 0 Å². The maximum absolute atomic E-state index is 11.8. The van der Waals surface area contributed by atoms with Gasteiger partial charge >= 0.3 is 0 Å². The van der Waals surface area contributed by atoms with Crippen molar-refractivity contribution in [3.05, 3.63) is 0 Å². The Morgan fingerprint density at radius 3 is 2.50 bits per heavy atom. The van der Waals surface area contributed by atoms with Gasteiger partial charge in [0.1, 0.15) is 6.10 Å². The molecule has 0 aliphatic heterocycles. The normalized spacial score (nSPS) is 25.2. The first kappa shape index (κ1) is 13.8. The van der Waals surface area contributed by atoms with Crippen LogP contribution in [0.2, 0.25) is 0 Å². The molecular weight excluding hydrogens is 228 g/mol. The van der Waals surface area contributed by atoms with Crippen LogP contribution in [-0.2, 0) is 9.53 Å². The van der Waals surface area contributed by atoms with Gasteiger partial charge in [0.25, 0.3) is 0 Å². The fraction of sp³-hybridized carbons (Fsp3) is 0.929. The van der Waals surface area contributed by atoms with E-state index in [0.717, 1.165) is 25.7 Å². The van der Waals surface area contributed by atoms with E-state index in [2.05, 4.69) is 5.32 Å². The van der Waals surface area contributed by atoms with Crippen molar-refractivity contribution >= 4 is 5.91 Å². The summed E-state index contributed by atoms with van der Waals surface area (Å²) >= 11 is 0. The molecule has 2 rings (SSSR count). The zero-order valence-electron chi connectivity index (χ0n) is 11.4. The lowest BCUT2D eigenvalue weighted by Gasteiger charge is -2.29. The second-order valence-electron chi connectivity index (χ2n) is 6.01. The number of ether oxygens (including phenoxy) is 1. The van der Waals surface area contributed by atoms with E-state index < -0.39 is 0 Å². The van der Waals surface area contributed by atoms with Gasteiger partial charge in [-0.1, -0.05) is 25.7 Å². The Morgan fingerprint density at radius 2 is 1.94 bits per heavy atom. The van der Waals surface area contributed by atoms with E-state index in [0.29, 0.717) is 12.6 Å². The number of rotatable bonds is 5. The SMILES string of the molecule is CC(OCC1(N)CCCCCC1)C(=O)NC1CC1. The molecule has 0 spiro atoms. The number of carbonyl (C=O) groups excluding carboxylic acids is 1. The summed E-state index contributed by atoms with van der Waals surface area (Å²) in [5.74, 6) is 0.00900. The number of nitrogens with two attached hydrogens (primary N) is 1. The highest BCUT2D eigenvalue weighted by atomic mass is 16.5. The molecule has 0 bridgehead atoms. The van der Waals surface area contributed by atoms with Crippen LogP contribution in [0, 0.1) is 0 Å². The number of nitrogens with one attached hydrogen (secondary N) is 1.